The monoisotopic (exact) mass is 853 g/mol. The van der Waals surface area contributed by atoms with E-state index < -0.39 is 0 Å². The quantitative estimate of drug-likeness (QED) is 0.150. The largest absolute Gasteiger partial charge is 0.309 e. The molecule has 5 nitrogen and oxygen atoms in total. The molecule has 0 spiro atoms. The van der Waals surface area contributed by atoms with Crippen molar-refractivity contribution in [3.8, 4) is 73.4 Å². The minimum absolute atomic E-state index is 0.640. The third kappa shape index (κ3) is 6.72. The fraction of sp³-hybridized carbons (Fsp3) is 0. The van der Waals surface area contributed by atoms with E-state index in [1.807, 2.05) is 60.7 Å². The maximum atomic E-state index is 5.28. The van der Waals surface area contributed by atoms with Crippen LogP contribution in [0.4, 0.5) is 0 Å². The van der Waals surface area contributed by atoms with E-state index in [-0.39, 0.29) is 0 Å². The number of fused-ring (bicyclic) bond motifs is 7. The Bertz CT molecular complexity index is 3930. The third-order valence-corrected chi connectivity index (χ3v) is 13.0. The zero-order valence-corrected chi connectivity index (χ0v) is 36.3. The molecule has 13 rings (SSSR count). The summed E-state index contributed by atoms with van der Waals surface area (Å²) in [6.07, 6.45) is 0. The van der Waals surface area contributed by atoms with Crippen molar-refractivity contribution in [1.29, 1.82) is 0 Å². The molecule has 67 heavy (non-hydrogen) atoms. The van der Waals surface area contributed by atoms with E-state index in [0.29, 0.717) is 17.5 Å². The zero-order chi connectivity index (χ0) is 44.3. The molecule has 3 aromatic heterocycles. The summed E-state index contributed by atoms with van der Waals surface area (Å²) in [5.74, 6) is 1.94. The minimum Gasteiger partial charge on any atom is -0.309 e. The molecule has 5 heteroatoms. The van der Waals surface area contributed by atoms with Gasteiger partial charge < -0.3 is 4.57 Å². The van der Waals surface area contributed by atoms with Gasteiger partial charge in [0.25, 0.3) is 0 Å². The number of hydrogen-bond acceptors (Lipinski definition) is 4. The lowest BCUT2D eigenvalue weighted by Gasteiger charge is -2.14. The molecular weight excluding hydrogens is 815 g/mol. The molecule has 0 N–H and O–H groups in total. The second-order valence-corrected chi connectivity index (χ2v) is 17.0. The molecular formula is C62H39N5. The summed E-state index contributed by atoms with van der Waals surface area (Å²) < 4.78 is 2.47. The van der Waals surface area contributed by atoms with Crippen molar-refractivity contribution in [2.75, 3.05) is 0 Å². The van der Waals surface area contributed by atoms with Crippen molar-refractivity contribution in [1.82, 2.24) is 24.5 Å². The summed E-state index contributed by atoms with van der Waals surface area (Å²) in [7, 11) is 0. The fourth-order valence-corrected chi connectivity index (χ4v) is 9.72. The Morgan fingerprint density at radius 2 is 0.731 bits per heavy atom. The van der Waals surface area contributed by atoms with E-state index in [1.54, 1.807) is 0 Å². The molecule has 13 aromatic rings. The van der Waals surface area contributed by atoms with Gasteiger partial charge in [-0.3, -0.25) is 0 Å². The number of para-hydroxylation sites is 1. The first-order chi connectivity index (χ1) is 33.2. The molecule has 10 aromatic carbocycles. The maximum absolute atomic E-state index is 5.28. The van der Waals surface area contributed by atoms with Crippen molar-refractivity contribution >= 4 is 54.3 Å². The van der Waals surface area contributed by atoms with Gasteiger partial charge in [0.2, 0.25) is 0 Å². The van der Waals surface area contributed by atoms with Crippen LogP contribution < -0.4 is 0 Å². The second-order valence-electron chi connectivity index (χ2n) is 17.0. The molecule has 0 radical (unpaired) electrons. The molecule has 0 saturated heterocycles. The van der Waals surface area contributed by atoms with Gasteiger partial charge in [-0.1, -0.05) is 206 Å². The smallest absolute Gasteiger partial charge is 0.164 e. The highest BCUT2D eigenvalue weighted by Crippen LogP contribution is 2.42. The Morgan fingerprint density at radius 1 is 0.254 bits per heavy atom. The molecule has 0 unspecified atom stereocenters. The van der Waals surface area contributed by atoms with Gasteiger partial charge in [0.15, 0.2) is 17.5 Å². The maximum Gasteiger partial charge on any atom is 0.164 e. The normalized spacial score (nSPS) is 11.6. The third-order valence-electron chi connectivity index (χ3n) is 13.0. The summed E-state index contributed by atoms with van der Waals surface area (Å²) in [5, 5.41) is 8.28. The van der Waals surface area contributed by atoms with Gasteiger partial charge in [0.1, 0.15) is 0 Å². The lowest BCUT2D eigenvalue weighted by atomic mass is 9.97. The van der Waals surface area contributed by atoms with E-state index in [1.165, 1.54) is 26.9 Å². The first kappa shape index (κ1) is 38.4. The van der Waals surface area contributed by atoms with Crippen LogP contribution in [0.5, 0.6) is 0 Å². The summed E-state index contributed by atoms with van der Waals surface area (Å²) in [6, 6.07) is 83.7. The predicted molar refractivity (Wildman–Crippen MR) is 277 cm³/mol. The number of hydrogen-bond donors (Lipinski definition) is 0. The molecule has 0 aliphatic carbocycles. The first-order valence-electron chi connectivity index (χ1n) is 22.6. The summed E-state index contributed by atoms with van der Waals surface area (Å²) in [6.45, 7) is 0. The number of nitrogens with zero attached hydrogens (tertiary/aromatic N) is 5. The van der Waals surface area contributed by atoms with E-state index >= 15 is 0 Å². The van der Waals surface area contributed by atoms with Gasteiger partial charge in [0.05, 0.1) is 27.9 Å². The molecule has 0 fully saturated rings. The van der Waals surface area contributed by atoms with E-state index in [0.717, 1.165) is 83.2 Å². The molecule has 3 heterocycles. The highest BCUT2D eigenvalue weighted by atomic mass is 15.0. The lowest BCUT2D eigenvalue weighted by Crippen LogP contribution is -2.00. The van der Waals surface area contributed by atoms with Gasteiger partial charge >= 0.3 is 0 Å². The number of pyridine rings is 1. The molecule has 312 valence electrons. The van der Waals surface area contributed by atoms with Crippen molar-refractivity contribution in [2.24, 2.45) is 0 Å². The predicted octanol–water partition coefficient (Wildman–Crippen LogP) is 15.8. The standard InChI is InChI=1S/C62H39N5/c1-4-16-44(17-5-1)59-54-38-53-51-36-35-48(37-57(51)67(56-26-14-22-43-15-10-11-23-49(43)56)58(53)39-52(54)50-24-12-13-25-55(50)63-59)42-29-27-40(28-30-42)41-31-33-47(34-32-41)62-65-60(45-18-6-2-7-19-45)64-61(66-62)46-20-8-3-9-21-46/h1-39H. The summed E-state index contributed by atoms with van der Waals surface area (Å²) in [4.78, 5) is 20.0. The van der Waals surface area contributed by atoms with Crippen molar-refractivity contribution in [2.45, 2.75) is 0 Å². The average molecular weight is 854 g/mol. The Morgan fingerprint density at radius 3 is 1.37 bits per heavy atom. The fourth-order valence-electron chi connectivity index (χ4n) is 9.72. The Labute approximate surface area is 387 Å². The van der Waals surface area contributed by atoms with Crippen LogP contribution in [0.3, 0.4) is 0 Å². The highest BCUT2D eigenvalue weighted by Gasteiger charge is 2.20. The Kier molecular flexibility index (Phi) is 9.10. The van der Waals surface area contributed by atoms with Crippen LogP contribution in [0.25, 0.3) is 128 Å². The highest BCUT2D eigenvalue weighted by molar-refractivity contribution is 6.21. The molecule has 0 saturated carbocycles. The number of aromatic nitrogens is 5. The molecule has 0 aliphatic heterocycles. The van der Waals surface area contributed by atoms with E-state index in [9.17, 15) is 0 Å². The Hall–Kier alpha value is -9.06. The van der Waals surface area contributed by atoms with Gasteiger partial charge in [0, 0.05) is 49.2 Å². The van der Waals surface area contributed by atoms with Gasteiger partial charge in [-0.05, 0) is 63.4 Å². The minimum atomic E-state index is 0.640. The van der Waals surface area contributed by atoms with Crippen molar-refractivity contribution < 1.29 is 0 Å². The van der Waals surface area contributed by atoms with E-state index in [2.05, 4.69) is 180 Å². The van der Waals surface area contributed by atoms with Crippen LogP contribution in [0.15, 0.2) is 237 Å². The second kappa shape index (κ2) is 15.9. The summed E-state index contributed by atoms with van der Waals surface area (Å²) >= 11 is 0. The number of benzene rings is 10. The average Bonchev–Trinajstić information content (AvgIpc) is 3.73. The SMILES string of the molecule is c1ccc(-c2nc(-c3ccccc3)nc(-c3ccc(-c4ccc(-c5ccc6c7cc8c(-c9ccccc9)nc9ccccc9c8cc7n(-c7cccc8ccccc78)c6c5)cc4)cc3)n2)cc1. The van der Waals surface area contributed by atoms with Crippen LogP contribution in [0.1, 0.15) is 0 Å². The topological polar surface area (TPSA) is 56.5 Å². The van der Waals surface area contributed by atoms with Crippen molar-refractivity contribution in [3.63, 3.8) is 0 Å². The van der Waals surface area contributed by atoms with Gasteiger partial charge in [-0.25, -0.2) is 19.9 Å². The van der Waals surface area contributed by atoms with E-state index in [4.69, 9.17) is 19.9 Å². The van der Waals surface area contributed by atoms with Crippen LogP contribution in [-0.2, 0) is 0 Å². The van der Waals surface area contributed by atoms with Gasteiger partial charge in [-0.15, -0.1) is 0 Å². The zero-order valence-electron chi connectivity index (χ0n) is 36.3. The van der Waals surface area contributed by atoms with Crippen LogP contribution in [-0.4, -0.2) is 24.5 Å². The molecule has 0 amide bonds. The molecule has 0 aliphatic rings. The summed E-state index contributed by atoms with van der Waals surface area (Å²) in [5.41, 5.74) is 13.9. The molecule has 0 atom stereocenters. The van der Waals surface area contributed by atoms with Crippen LogP contribution in [0, 0.1) is 0 Å². The van der Waals surface area contributed by atoms with Crippen LogP contribution >= 0.6 is 0 Å². The number of rotatable bonds is 7. The first-order valence-corrected chi connectivity index (χ1v) is 22.6. The van der Waals surface area contributed by atoms with Crippen LogP contribution in [0.2, 0.25) is 0 Å². The lowest BCUT2D eigenvalue weighted by molar-refractivity contribution is 1.07. The van der Waals surface area contributed by atoms with Crippen molar-refractivity contribution in [3.05, 3.63) is 237 Å². The Balaban J connectivity index is 0.917. The van der Waals surface area contributed by atoms with Gasteiger partial charge in [-0.2, -0.15) is 0 Å². The molecule has 0 bridgehead atoms.